The summed E-state index contributed by atoms with van der Waals surface area (Å²) in [5, 5.41) is 31.2. The molecule has 0 aliphatic rings. The van der Waals surface area contributed by atoms with Crippen molar-refractivity contribution in [2.75, 3.05) is 37.4 Å². The molecule has 0 radical (unpaired) electrons. The van der Waals surface area contributed by atoms with Crippen LogP contribution in [0.15, 0.2) is 48.9 Å². The summed E-state index contributed by atoms with van der Waals surface area (Å²) >= 11 is 0. The fourth-order valence-electron chi connectivity index (χ4n) is 4.79. The lowest BCUT2D eigenvalue weighted by Crippen LogP contribution is -2.47. The maximum Gasteiger partial charge on any atom is 0.405 e. The zero-order chi connectivity index (χ0) is 33.2. The van der Waals surface area contributed by atoms with Gasteiger partial charge in [-0.25, -0.2) is 23.9 Å². The third-order valence-electron chi connectivity index (χ3n) is 7.02. The van der Waals surface area contributed by atoms with E-state index in [1.165, 1.54) is 31.6 Å². The van der Waals surface area contributed by atoms with E-state index in [1.807, 2.05) is 25.1 Å². The van der Waals surface area contributed by atoms with Crippen LogP contribution in [0.3, 0.4) is 0 Å². The summed E-state index contributed by atoms with van der Waals surface area (Å²) < 4.78 is 35.7. The standard InChI is InChI=1S/C30H34F2N8O6/c1-3-17-15-18(6-8-20(17)33-11-12-35-28(41)21(39-30(44)45)5-4-10-36-29(42)43)38-26-27-37-16-22(40(27)14-13-34-26)19-7-9-23(46-2)25(32)24(19)31/h6-9,13-16,21,33,36,39H,3-5,10-12H2,1-2H3,(H,34,38)(H,35,41)(H,42,43)(H,44,45)/t21-/m0/s1. The number of carboxylic acid groups (broad SMARTS) is 2. The predicted molar refractivity (Wildman–Crippen MR) is 166 cm³/mol. The van der Waals surface area contributed by atoms with Gasteiger partial charge in [0, 0.05) is 49.0 Å². The quantitative estimate of drug-likeness (QED) is 0.0927. The second kappa shape index (κ2) is 15.4. The molecule has 1 atom stereocenters. The van der Waals surface area contributed by atoms with Gasteiger partial charge in [0.15, 0.2) is 23.0 Å². The molecule has 0 spiro atoms. The molecule has 2 aromatic carbocycles. The Bertz CT molecular complexity index is 1720. The largest absolute Gasteiger partial charge is 0.494 e. The molecule has 2 heterocycles. The number of hydrogen-bond donors (Lipinski definition) is 7. The van der Waals surface area contributed by atoms with E-state index in [2.05, 4.69) is 36.6 Å². The Labute approximate surface area is 262 Å². The van der Waals surface area contributed by atoms with Crippen molar-refractivity contribution in [3.05, 3.63) is 66.1 Å². The molecule has 0 saturated heterocycles. The predicted octanol–water partition coefficient (Wildman–Crippen LogP) is 4.20. The van der Waals surface area contributed by atoms with Gasteiger partial charge in [0.1, 0.15) is 6.04 Å². The van der Waals surface area contributed by atoms with E-state index in [1.54, 1.807) is 10.6 Å². The molecule has 0 fully saturated rings. The van der Waals surface area contributed by atoms with E-state index < -0.39 is 35.8 Å². The van der Waals surface area contributed by atoms with E-state index >= 15 is 0 Å². The number of nitrogens with zero attached hydrogens (tertiary/aromatic N) is 3. The van der Waals surface area contributed by atoms with Crippen molar-refractivity contribution in [2.45, 2.75) is 32.2 Å². The maximum atomic E-state index is 14.8. The number of aryl methyl sites for hydroxylation is 1. The molecule has 0 unspecified atom stereocenters. The highest BCUT2D eigenvalue weighted by molar-refractivity contribution is 5.85. The molecule has 0 aliphatic heterocycles. The van der Waals surface area contributed by atoms with Crippen molar-refractivity contribution in [3.63, 3.8) is 0 Å². The van der Waals surface area contributed by atoms with Crippen molar-refractivity contribution < 1.29 is 38.1 Å². The van der Waals surface area contributed by atoms with Crippen molar-refractivity contribution in [2.24, 2.45) is 0 Å². The fourth-order valence-corrected chi connectivity index (χ4v) is 4.79. The van der Waals surface area contributed by atoms with Gasteiger partial charge in [-0.1, -0.05) is 6.92 Å². The second-order valence-corrected chi connectivity index (χ2v) is 10.0. The van der Waals surface area contributed by atoms with Crippen LogP contribution in [-0.4, -0.2) is 75.5 Å². The Kier molecular flexibility index (Phi) is 11.1. The number of amides is 3. The van der Waals surface area contributed by atoms with E-state index in [0.29, 0.717) is 35.8 Å². The SMILES string of the molecule is CCc1cc(Nc2nccn3c(-c4ccc(OC)c(F)c4F)cnc23)ccc1NCCNC(=O)[C@H](CCCNC(=O)O)NC(=O)O. The number of carbonyl (C=O) groups excluding carboxylic acids is 1. The minimum atomic E-state index is -1.35. The van der Waals surface area contributed by atoms with Gasteiger partial charge in [0.05, 0.1) is 19.0 Å². The van der Waals surface area contributed by atoms with Crippen LogP contribution in [0.5, 0.6) is 5.75 Å². The zero-order valence-electron chi connectivity index (χ0n) is 25.1. The van der Waals surface area contributed by atoms with Crippen LogP contribution in [0.25, 0.3) is 16.9 Å². The number of aromatic nitrogens is 3. The molecule has 0 saturated carbocycles. The lowest BCUT2D eigenvalue weighted by atomic mass is 10.1. The normalized spacial score (nSPS) is 11.5. The first-order valence-corrected chi connectivity index (χ1v) is 14.3. The molecule has 4 aromatic rings. The summed E-state index contributed by atoms with van der Waals surface area (Å²) in [5.74, 6) is -2.46. The highest BCUT2D eigenvalue weighted by atomic mass is 19.2. The third-order valence-corrected chi connectivity index (χ3v) is 7.02. The van der Waals surface area contributed by atoms with Crippen LogP contribution in [-0.2, 0) is 11.2 Å². The zero-order valence-corrected chi connectivity index (χ0v) is 25.1. The van der Waals surface area contributed by atoms with Gasteiger partial charge in [0.25, 0.3) is 0 Å². The Morgan fingerprint density at radius 2 is 1.80 bits per heavy atom. The number of methoxy groups -OCH3 is 1. The summed E-state index contributed by atoms with van der Waals surface area (Å²) in [7, 11) is 1.26. The molecule has 244 valence electrons. The number of rotatable bonds is 15. The molecule has 2 aromatic heterocycles. The number of nitrogens with one attached hydrogen (secondary N) is 5. The van der Waals surface area contributed by atoms with E-state index in [4.69, 9.17) is 14.9 Å². The summed E-state index contributed by atoms with van der Waals surface area (Å²) in [6.07, 6.45) is 3.08. The molecule has 7 N–H and O–H groups in total. The number of benzene rings is 2. The number of hydrogen-bond acceptors (Lipinski definition) is 8. The van der Waals surface area contributed by atoms with E-state index in [9.17, 15) is 23.2 Å². The van der Waals surface area contributed by atoms with Crippen molar-refractivity contribution in [1.82, 2.24) is 30.3 Å². The third kappa shape index (κ3) is 8.08. The molecule has 16 heteroatoms. The van der Waals surface area contributed by atoms with Gasteiger partial charge >= 0.3 is 12.2 Å². The first kappa shape index (κ1) is 33.2. The average Bonchev–Trinajstić information content (AvgIpc) is 3.47. The van der Waals surface area contributed by atoms with Crippen LogP contribution in [0.1, 0.15) is 25.3 Å². The van der Waals surface area contributed by atoms with Gasteiger partial charge in [-0.2, -0.15) is 4.39 Å². The topological polar surface area (TPSA) is 191 Å². The minimum absolute atomic E-state index is 0.0181. The number of carbonyl (C=O) groups is 3. The van der Waals surface area contributed by atoms with Gasteiger partial charge in [-0.15, -0.1) is 0 Å². The molecule has 14 nitrogen and oxygen atoms in total. The van der Waals surface area contributed by atoms with Crippen LogP contribution in [0.4, 0.5) is 35.6 Å². The Morgan fingerprint density at radius 1 is 1.00 bits per heavy atom. The first-order valence-electron chi connectivity index (χ1n) is 14.3. The molecule has 46 heavy (non-hydrogen) atoms. The van der Waals surface area contributed by atoms with E-state index in [-0.39, 0.29) is 37.2 Å². The average molecular weight is 641 g/mol. The maximum absolute atomic E-state index is 14.8. The Balaban J connectivity index is 1.39. The molecule has 4 rings (SSSR count). The number of halogens is 2. The number of fused-ring (bicyclic) bond motifs is 1. The van der Waals surface area contributed by atoms with E-state index in [0.717, 1.165) is 11.3 Å². The van der Waals surface area contributed by atoms with Crippen LogP contribution >= 0.6 is 0 Å². The van der Waals surface area contributed by atoms with Crippen LogP contribution in [0.2, 0.25) is 0 Å². The van der Waals surface area contributed by atoms with Gasteiger partial charge in [-0.3, -0.25) is 9.20 Å². The lowest BCUT2D eigenvalue weighted by molar-refractivity contribution is -0.123. The number of anilines is 3. The summed E-state index contributed by atoms with van der Waals surface area (Å²) in [6, 6.07) is 7.36. The van der Waals surface area contributed by atoms with Gasteiger partial charge in [-0.05, 0) is 55.2 Å². The van der Waals surface area contributed by atoms with Gasteiger partial charge in [0.2, 0.25) is 11.7 Å². The molecular weight excluding hydrogens is 606 g/mol. The summed E-state index contributed by atoms with van der Waals surface area (Å²) in [5.41, 5.74) is 3.25. The molecular formula is C30H34F2N8O6. The Hall–Kier alpha value is -5.67. The second-order valence-electron chi connectivity index (χ2n) is 10.0. The monoisotopic (exact) mass is 640 g/mol. The molecule has 0 aliphatic carbocycles. The minimum Gasteiger partial charge on any atom is -0.494 e. The fraction of sp³-hybridized carbons (Fsp3) is 0.300. The van der Waals surface area contributed by atoms with Crippen molar-refractivity contribution >= 4 is 40.9 Å². The number of ether oxygens (including phenoxy) is 1. The van der Waals surface area contributed by atoms with Gasteiger partial charge < -0.3 is 41.5 Å². The van der Waals surface area contributed by atoms with Crippen LogP contribution in [0, 0.1) is 11.6 Å². The highest BCUT2D eigenvalue weighted by Crippen LogP contribution is 2.32. The lowest BCUT2D eigenvalue weighted by Gasteiger charge is -2.18. The summed E-state index contributed by atoms with van der Waals surface area (Å²) in [6.45, 7) is 2.63. The van der Waals surface area contributed by atoms with Crippen LogP contribution < -0.4 is 31.3 Å². The molecule has 0 bridgehead atoms. The summed E-state index contributed by atoms with van der Waals surface area (Å²) in [4.78, 5) is 43.0. The molecule has 3 amide bonds. The number of imidazole rings is 1. The Morgan fingerprint density at radius 3 is 2.52 bits per heavy atom. The van der Waals surface area contributed by atoms with Crippen molar-refractivity contribution in [3.8, 4) is 17.0 Å². The first-order chi connectivity index (χ1) is 22.1. The highest BCUT2D eigenvalue weighted by Gasteiger charge is 2.21. The van der Waals surface area contributed by atoms with Crippen molar-refractivity contribution in [1.29, 1.82) is 0 Å². The smallest absolute Gasteiger partial charge is 0.405 e.